The highest BCUT2D eigenvalue weighted by molar-refractivity contribution is 5.92. The molecule has 1 aliphatic rings. The van der Waals surface area contributed by atoms with Gasteiger partial charge in [-0.25, -0.2) is 4.79 Å². The number of benzene rings is 3. The molecule has 3 aromatic carbocycles. The first-order valence-corrected chi connectivity index (χ1v) is 13.8. The number of likely N-dealkylation sites (tertiary alicyclic amines) is 1. The average molecular weight is 658 g/mol. The van der Waals surface area contributed by atoms with Gasteiger partial charge in [0.2, 0.25) is 5.91 Å². The Kier molecular flexibility index (Phi) is 12.0. The number of quaternary nitrogens is 1. The van der Waals surface area contributed by atoms with Gasteiger partial charge in [0.15, 0.2) is 0 Å². The summed E-state index contributed by atoms with van der Waals surface area (Å²) < 4.78 is 6.75. The second-order valence-corrected chi connectivity index (χ2v) is 11.0. The van der Waals surface area contributed by atoms with Gasteiger partial charge in [0.25, 0.3) is 0 Å². The van der Waals surface area contributed by atoms with Crippen molar-refractivity contribution in [2.24, 2.45) is 0 Å². The molecule has 0 radical (unpaired) electrons. The minimum atomic E-state index is -0.412. The quantitative estimate of drug-likeness (QED) is 0.178. The Bertz CT molecular complexity index is 1240. The molecule has 3 aromatic rings. The summed E-state index contributed by atoms with van der Waals surface area (Å²) in [6.45, 7) is 1.98. The van der Waals surface area contributed by atoms with E-state index in [1.807, 2.05) is 42.5 Å². The van der Waals surface area contributed by atoms with Gasteiger partial charge in [0.1, 0.15) is 6.10 Å². The van der Waals surface area contributed by atoms with Gasteiger partial charge in [-0.2, -0.15) is 0 Å². The number of carbonyl (C=O) groups excluding carboxylic acids is 2. The third kappa shape index (κ3) is 9.60. The van der Waals surface area contributed by atoms with Gasteiger partial charge in [0.05, 0.1) is 39.5 Å². The average Bonchev–Trinajstić information content (AvgIpc) is 2.93. The van der Waals surface area contributed by atoms with Crippen molar-refractivity contribution < 1.29 is 47.9 Å². The van der Waals surface area contributed by atoms with E-state index in [9.17, 15) is 9.59 Å². The van der Waals surface area contributed by atoms with Crippen molar-refractivity contribution in [1.29, 1.82) is 0 Å². The molecule has 0 bridgehead atoms. The molecular weight excluding hydrogens is 617 g/mol. The number of amides is 2. The molecule has 3 N–H and O–H groups in total. The molecule has 214 valence electrons. The summed E-state index contributed by atoms with van der Waals surface area (Å²) in [5.74, 6) is -0.0267. The summed E-state index contributed by atoms with van der Waals surface area (Å²) in [6.07, 6.45) is 4.10. The number of halogens is 1. The van der Waals surface area contributed by atoms with E-state index in [-0.39, 0.29) is 42.6 Å². The molecule has 1 heterocycles. The second kappa shape index (κ2) is 15.2. The molecule has 1 saturated heterocycles. The number of aliphatic hydroxyl groups excluding tert-OH is 1. The number of hydrogen-bond donors (Lipinski definition) is 3. The van der Waals surface area contributed by atoms with Crippen LogP contribution in [0.4, 0.5) is 16.2 Å². The molecule has 1 aliphatic heterocycles. The molecule has 0 aromatic heterocycles. The van der Waals surface area contributed by atoms with Gasteiger partial charge in [-0.15, -0.1) is 0 Å². The number of aliphatic hydroxyl groups is 1. The fraction of sp³-hybridized carbons (Fsp3) is 0.375. The van der Waals surface area contributed by atoms with E-state index in [1.54, 1.807) is 24.3 Å². The van der Waals surface area contributed by atoms with E-state index < -0.39 is 6.09 Å². The molecule has 7 nitrogen and oxygen atoms in total. The molecule has 0 saturated carbocycles. The first-order valence-electron chi connectivity index (χ1n) is 13.8. The third-order valence-electron chi connectivity index (χ3n) is 7.33. The molecule has 0 aliphatic carbocycles. The molecule has 2 amide bonds. The first kappa shape index (κ1) is 31.6. The van der Waals surface area contributed by atoms with Gasteiger partial charge in [-0.1, -0.05) is 54.6 Å². The number of carbonyl (C=O) groups is 2. The SMILES string of the molecule is C[N+]1(C)CCC(OC(=O)Nc2cc(CCCCC(=O)Nc3ccc(CO)cc3)ccc2-c2ccccc2)CC1.[I-]. The zero-order chi connectivity index (χ0) is 27.7. The van der Waals surface area contributed by atoms with Crippen molar-refractivity contribution in [2.75, 3.05) is 37.8 Å². The first-order chi connectivity index (χ1) is 18.8. The van der Waals surface area contributed by atoms with Crippen LogP contribution in [0.15, 0.2) is 72.8 Å². The van der Waals surface area contributed by atoms with Crippen molar-refractivity contribution in [1.82, 2.24) is 0 Å². The number of piperidine rings is 1. The van der Waals surface area contributed by atoms with E-state index in [1.165, 1.54) is 0 Å². The largest absolute Gasteiger partial charge is 1.00 e. The van der Waals surface area contributed by atoms with Crippen LogP contribution in [0.2, 0.25) is 0 Å². The fourth-order valence-electron chi connectivity index (χ4n) is 4.90. The highest BCUT2D eigenvalue weighted by atomic mass is 127. The predicted molar refractivity (Wildman–Crippen MR) is 155 cm³/mol. The summed E-state index contributed by atoms with van der Waals surface area (Å²) in [6, 6.07) is 23.3. The molecule has 1 fully saturated rings. The number of aryl methyl sites for hydroxylation is 1. The summed E-state index contributed by atoms with van der Waals surface area (Å²) in [5, 5.41) is 15.1. The summed E-state index contributed by atoms with van der Waals surface area (Å²) >= 11 is 0. The number of nitrogens with one attached hydrogen (secondary N) is 2. The smallest absolute Gasteiger partial charge is 0.411 e. The number of unbranched alkanes of at least 4 members (excludes halogenated alkanes) is 1. The Hall–Kier alpha value is -2.95. The predicted octanol–water partition coefficient (Wildman–Crippen LogP) is 2.99. The molecule has 0 atom stereocenters. The van der Waals surface area contributed by atoms with Crippen LogP contribution in [-0.2, 0) is 22.6 Å². The Morgan fingerprint density at radius 1 is 0.900 bits per heavy atom. The van der Waals surface area contributed by atoms with Crippen LogP contribution in [-0.4, -0.2) is 54.9 Å². The summed E-state index contributed by atoms with van der Waals surface area (Å²) in [4.78, 5) is 25.2. The van der Waals surface area contributed by atoms with Crippen molar-refractivity contribution in [3.05, 3.63) is 83.9 Å². The van der Waals surface area contributed by atoms with Gasteiger partial charge in [0, 0.05) is 30.5 Å². The Balaban J connectivity index is 0.00000441. The zero-order valence-electron chi connectivity index (χ0n) is 23.4. The molecule has 4 rings (SSSR count). The standard InChI is InChI=1S/C32H39N3O4.HI/c1-35(2)20-18-28(19-21-35)39-32(38)34-30-22-24(14-17-29(30)26-9-4-3-5-10-26)8-6-7-11-31(37)33-27-15-12-25(23-36)13-16-27;/h3-5,9-10,12-17,22,28,36H,6-8,11,18-21,23H2,1-2H3,(H-,33,34,37,38);1H. The zero-order valence-corrected chi connectivity index (χ0v) is 25.5. The molecular formula is C32H40IN3O4. The van der Waals surface area contributed by atoms with E-state index in [0.717, 1.165) is 83.3 Å². The minimum absolute atomic E-state index is 0. The highest BCUT2D eigenvalue weighted by Gasteiger charge is 2.28. The van der Waals surface area contributed by atoms with Gasteiger partial charge in [-0.05, 0) is 54.2 Å². The maximum atomic E-state index is 12.9. The van der Waals surface area contributed by atoms with Crippen molar-refractivity contribution in [3.63, 3.8) is 0 Å². The second-order valence-electron chi connectivity index (χ2n) is 11.0. The molecule has 40 heavy (non-hydrogen) atoms. The lowest BCUT2D eigenvalue weighted by atomic mass is 9.99. The van der Waals surface area contributed by atoms with Crippen LogP contribution in [0.25, 0.3) is 11.1 Å². The Labute approximate surface area is 254 Å². The van der Waals surface area contributed by atoms with Crippen molar-refractivity contribution >= 4 is 23.4 Å². The van der Waals surface area contributed by atoms with Crippen molar-refractivity contribution in [3.8, 4) is 11.1 Å². The number of ether oxygens (including phenoxy) is 1. The molecule has 8 heteroatoms. The van der Waals surface area contributed by atoms with Crippen LogP contribution in [0.5, 0.6) is 0 Å². The van der Waals surface area contributed by atoms with Gasteiger partial charge < -0.3 is 43.6 Å². The van der Waals surface area contributed by atoms with E-state index in [4.69, 9.17) is 9.84 Å². The van der Waals surface area contributed by atoms with Crippen LogP contribution in [0.1, 0.15) is 43.2 Å². The topological polar surface area (TPSA) is 87.7 Å². The van der Waals surface area contributed by atoms with Crippen LogP contribution in [0, 0.1) is 0 Å². The van der Waals surface area contributed by atoms with E-state index in [2.05, 4.69) is 30.8 Å². The monoisotopic (exact) mass is 657 g/mol. The Morgan fingerprint density at radius 3 is 2.25 bits per heavy atom. The third-order valence-corrected chi connectivity index (χ3v) is 7.33. The molecule has 0 unspecified atom stereocenters. The van der Waals surface area contributed by atoms with E-state index in [0.29, 0.717) is 6.42 Å². The minimum Gasteiger partial charge on any atom is -1.00 e. The lowest BCUT2D eigenvalue weighted by Gasteiger charge is -2.36. The van der Waals surface area contributed by atoms with Gasteiger partial charge >= 0.3 is 6.09 Å². The van der Waals surface area contributed by atoms with Crippen LogP contribution < -0.4 is 34.6 Å². The van der Waals surface area contributed by atoms with E-state index >= 15 is 0 Å². The summed E-state index contributed by atoms with van der Waals surface area (Å²) in [5.41, 5.74) is 5.35. The molecule has 0 spiro atoms. The Morgan fingerprint density at radius 2 is 1.57 bits per heavy atom. The van der Waals surface area contributed by atoms with Gasteiger partial charge in [-0.3, -0.25) is 10.1 Å². The number of rotatable bonds is 10. The number of anilines is 2. The lowest BCUT2D eigenvalue weighted by Crippen LogP contribution is -3.00. The normalized spacial score (nSPS) is 14.6. The van der Waals surface area contributed by atoms with Crippen LogP contribution >= 0.6 is 0 Å². The lowest BCUT2D eigenvalue weighted by molar-refractivity contribution is -0.896. The fourth-order valence-corrected chi connectivity index (χ4v) is 4.90. The summed E-state index contributed by atoms with van der Waals surface area (Å²) in [7, 11) is 4.41. The number of nitrogens with zero attached hydrogens (tertiary/aromatic N) is 1. The highest BCUT2D eigenvalue weighted by Crippen LogP contribution is 2.30. The number of hydrogen-bond acceptors (Lipinski definition) is 4. The maximum absolute atomic E-state index is 12.9. The van der Waals surface area contributed by atoms with Crippen LogP contribution in [0.3, 0.4) is 0 Å². The maximum Gasteiger partial charge on any atom is 0.411 e. The van der Waals surface area contributed by atoms with Crippen molar-refractivity contribution in [2.45, 2.75) is 51.2 Å².